The minimum atomic E-state index is -1.37. The van der Waals surface area contributed by atoms with Crippen LogP contribution in [0.1, 0.15) is 81.5 Å². The normalized spacial score (nSPS) is 32.4. The zero-order valence-corrected chi connectivity index (χ0v) is 26.9. The third-order valence-corrected chi connectivity index (χ3v) is 11.2. The first-order valence-corrected chi connectivity index (χ1v) is 15.7. The van der Waals surface area contributed by atoms with Gasteiger partial charge in [-0.2, -0.15) is 5.26 Å². The lowest BCUT2D eigenvalue weighted by Gasteiger charge is -2.66. The fourth-order valence-corrected chi connectivity index (χ4v) is 8.63. The van der Waals surface area contributed by atoms with E-state index >= 15 is 0 Å². The number of pyridine rings is 1. The second kappa shape index (κ2) is 11.6. The number of carbonyl (C=O) groups excluding carboxylic acids is 2. The molecule has 0 amide bonds. The number of ether oxygens (including phenoxy) is 3. The Morgan fingerprint density at radius 1 is 1.21 bits per heavy atom. The van der Waals surface area contributed by atoms with Crippen molar-refractivity contribution >= 4 is 11.9 Å². The van der Waals surface area contributed by atoms with Crippen molar-refractivity contribution in [3.05, 3.63) is 81.7 Å². The van der Waals surface area contributed by atoms with Gasteiger partial charge < -0.3 is 23.7 Å². The molecule has 1 N–H and O–H groups in total. The van der Waals surface area contributed by atoms with Crippen molar-refractivity contribution in [3.63, 3.8) is 0 Å². The maximum Gasteiger partial charge on any atom is 0.345 e. The Bertz CT molecular complexity index is 1840. The van der Waals surface area contributed by atoms with Gasteiger partial charge in [-0.25, -0.2) is 14.0 Å². The third-order valence-electron chi connectivity index (χ3n) is 11.2. The molecule has 0 spiro atoms. The largest absolute Gasteiger partial charge is 0.482 e. The molecule has 2 aliphatic carbocycles. The number of aliphatic hydroxyl groups excluding tert-OH is 1. The van der Waals surface area contributed by atoms with E-state index < -0.39 is 57.9 Å². The number of aliphatic hydroxyl groups is 1. The first-order chi connectivity index (χ1) is 22.2. The number of hydrogen-bond donors (Lipinski definition) is 1. The van der Waals surface area contributed by atoms with Gasteiger partial charge in [-0.1, -0.05) is 20.8 Å². The standard InChI is InChI=1S/C36H37FN2O8/c1-19-10-11-34(3)27(35(19,4)18-44-20(2)40)15-28(46-32(42)21-8-9-22(16-38)24(37)13-21)36(5)31(34)30(41)29-26(47-36)14-25(45-33(29)43)23-7-6-12-39-17-23/h6-9,12-14,17,19,27-28,30-31,41H,10-11,15,18H2,1-5H3/t19-,27?,28-,30?,31?,34-,35+,36+/m0/s1. The first-order valence-electron chi connectivity index (χ1n) is 15.7. The summed E-state index contributed by atoms with van der Waals surface area (Å²) in [5.41, 5.74) is -3.19. The number of esters is 2. The van der Waals surface area contributed by atoms with Gasteiger partial charge in [0.1, 0.15) is 40.7 Å². The number of nitriles is 1. The van der Waals surface area contributed by atoms with Crippen molar-refractivity contribution in [2.45, 2.75) is 71.7 Å². The van der Waals surface area contributed by atoms with E-state index in [0.29, 0.717) is 12.0 Å². The minimum absolute atomic E-state index is 0.0264. The van der Waals surface area contributed by atoms with E-state index in [9.17, 15) is 23.9 Å². The van der Waals surface area contributed by atoms with Crippen LogP contribution in [0, 0.1) is 45.7 Å². The summed E-state index contributed by atoms with van der Waals surface area (Å²) in [5, 5.41) is 21.4. The summed E-state index contributed by atoms with van der Waals surface area (Å²) in [5.74, 6) is -2.77. The average Bonchev–Trinajstić information content (AvgIpc) is 3.03. The molecule has 0 radical (unpaired) electrons. The predicted molar refractivity (Wildman–Crippen MR) is 165 cm³/mol. The van der Waals surface area contributed by atoms with Crippen LogP contribution in [0.15, 0.2) is 58.0 Å². The highest BCUT2D eigenvalue weighted by molar-refractivity contribution is 5.89. The molecular formula is C36H37FN2O8. The number of nitrogens with zero attached hydrogens (tertiary/aromatic N) is 2. The second-order valence-corrected chi connectivity index (χ2v) is 13.8. The lowest BCUT2D eigenvalue weighted by molar-refractivity contribution is -0.257. The smallest absolute Gasteiger partial charge is 0.345 e. The van der Waals surface area contributed by atoms with E-state index in [-0.39, 0.29) is 53.1 Å². The maximum absolute atomic E-state index is 14.6. The maximum atomic E-state index is 14.6. The fourth-order valence-electron chi connectivity index (χ4n) is 8.63. The van der Waals surface area contributed by atoms with Gasteiger partial charge >= 0.3 is 17.6 Å². The Labute approximate surface area is 271 Å². The van der Waals surface area contributed by atoms with Crippen LogP contribution < -0.4 is 10.4 Å². The van der Waals surface area contributed by atoms with Crippen molar-refractivity contribution < 1.29 is 37.7 Å². The number of carbonyl (C=O) groups is 2. The molecule has 3 aromatic rings. The molecule has 2 saturated carbocycles. The molecule has 1 aliphatic heterocycles. The topological polar surface area (TPSA) is 149 Å². The van der Waals surface area contributed by atoms with Crippen LogP contribution in [0.5, 0.6) is 5.75 Å². The van der Waals surface area contributed by atoms with E-state index in [1.807, 2.05) is 6.92 Å². The second-order valence-electron chi connectivity index (χ2n) is 13.8. The molecule has 0 bridgehead atoms. The average molecular weight is 645 g/mol. The molecule has 47 heavy (non-hydrogen) atoms. The van der Waals surface area contributed by atoms with Crippen LogP contribution in [0.25, 0.3) is 11.3 Å². The van der Waals surface area contributed by atoms with Gasteiger partial charge in [0.15, 0.2) is 0 Å². The molecule has 0 saturated heterocycles. The highest BCUT2D eigenvalue weighted by Crippen LogP contribution is 2.68. The number of aromatic nitrogens is 1. The van der Waals surface area contributed by atoms with Crippen LogP contribution in [0.3, 0.4) is 0 Å². The fraction of sp³-hybridized carbons (Fsp3) is 0.472. The quantitative estimate of drug-likeness (QED) is 0.340. The van der Waals surface area contributed by atoms with E-state index in [4.69, 9.17) is 23.9 Å². The van der Waals surface area contributed by atoms with Crippen molar-refractivity contribution in [1.29, 1.82) is 5.26 Å². The third kappa shape index (κ3) is 5.19. The summed E-state index contributed by atoms with van der Waals surface area (Å²) in [7, 11) is 0. The summed E-state index contributed by atoms with van der Waals surface area (Å²) in [6.45, 7) is 9.41. The van der Waals surface area contributed by atoms with Gasteiger partial charge in [-0.15, -0.1) is 0 Å². The number of rotatable bonds is 5. The van der Waals surface area contributed by atoms with Crippen LogP contribution in [0.2, 0.25) is 0 Å². The Morgan fingerprint density at radius 3 is 2.64 bits per heavy atom. The zero-order valence-electron chi connectivity index (χ0n) is 26.9. The molecule has 2 fully saturated rings. The molecule has 10 nitrogen and oxygen atoms in total. The van der Waals surface area contributed by atoms with Gasteiger partial charge in [-0.05, 0) is 73.8 Å². The van der Waals surface area contributed by atoms with E-state index in [1.165, 1.54) is 31.3 Å². The highest BCUT2D eigenvalue weighted by Gasteiger charge is 2.70. The summed E-state index contributed by atoms with van der Waals surface area (Å²) >= 11 is 0. The molecule has 3 heterocycles. The minimum Gasteiger partial charge on any atom is -0.482 e. The van der Waals surface area contributed by atoms with E-state index in [2.05, 4.69) is 18.8 Å². The van der Waals surface area contributed by atoms with Crippen molar-refractivity contribution in [1.82, 2.24) is 4.98 Å². The number of hydrogen-bond acceptors (Lipinski definition) is 10. The Kier molecular flexibility index (Phi) is 7.99. The molecule has 11 heteroatoms. The van der Waals surface area contributed by atoms with Crippen molar-refractivity contribution in [3.8, 4) is 23.1 Å². The van der Waals surface area contributed by atoms with Crippen LogP contribution >= 0.6 is 0 Å². The number of halogens is 1. The molecule has 8 atom stereocenters. The SMILES string of the molecule is CC(=O)OC[C@@]1(C)C2C[C@H](OC(=O)c3ccc(C#N)c(F)c3)[C@@]3(C)Oc4cc(-c5cccnc5)oc(=O)c4C(O)C3[C@@]2(C)CC[C@@H]1C. The van der Waals surface area contributed by atoms with Crippen LogP contribution in [-0.4, -0.2) is 40.3 Å². The van der Waals surface area contributed by atoms with Gasteiger partial charge in [0.25, 0.3) is 0 Å². The molecule has 2 aromatic heterocycles. The molecule has 3 unspecified atom stereocenters. The summed E-state index contributed by atoms with van der Waals surface area (Å²) in [4.78, 5) is 43.3. The molecule has 246 valence electrons. The molecule has 6 rings (SSSR count). The van der Waals surface area contributed by atoms with Crippen molar-refractivity contribution in [2.75, 3.05) is 6.61 Å². The molecule has 1 aromatic carbocycles. The Balaban J connectivity index is 1.49. The lowest BCUT2D eigenvalue weighted by atomic mass is 9.41. The van der Waals surface area contributed by atoms with Gasteiger partial charge in [0.2, 0.25) is 0 Å². The Morgan fingerprint density at radius 2 is 1.98 bits per heavy atom. The van der Waals surface area contributed by atoms with Gasteiger partial charge in [-0.3, -0.25) is 9.78 Å². The van der Waals surface area contributed by atoms with E-state index in [1.54, 1.807) is 31.3 Å². The molecular weight excluding hydrogens is 607 g/mol. The first kappa shape index (κ1) is 32.4. The molecule has 3 aliphatic rings. The van der Waals surface area contributed by atoms with Crippen LogP contribution in [0.4, 0.5) is 4.39 Å². The summed E-state index contributed by atoms with van der Waals surface area (Å²) in [6.07, 6.45) is 2.45. The summed E-state index contributed by atoms with van der Waals surface area (Å²) in [6, 6.07) is 10.2. The van der Waals surface area contributed by atoms with Crippen LogP contribution in [-0.2, 0) is 14.3 Å². The number of fused-ring (bicyclic) bond motifs is 4. The predicted octanol–water partition coefficient (Wildman–Crippen LogP) is 5.76. The summed E-state index contributed by atoms with van der Waals surface area (Å²) < 4.78 is 38.8. The van der Waals surface area contributed by atoms with Gasteiger partial charge in [0.05, 0.1) is 23.8 Å². The monoisotopic (exact) mass is 644 g/mol. The zero-order chi connectivity index (χ0) is 33.9. The lowest BCUT2D eigenvalue weighted by Crippen LogP contribution is -2.70. The Hall–Kier alpha value is -4.56. The highest BCUT2D eigenvalue weighted by atomic mass is 19.1. The van der Waals surface area contributed by atoms with Gasteiger partial charge in [0, 0.05) is 42.3 Å². The number of benzene rings is 1. The van der Waals surface area contributed by atoms with Crippen molar-refractivity contribution in [2.24, 2.45) is 28.6 Å². The van der Waals surface area contributed by atoms with E-state index in [0.717, 1.165) is 12.5 Å².